The van der Waals surface area contributed by atoms with E-state index in [1.165, 1.54) is 11.0 Å². The Balaban J connectivity index is 2.41. The monoisotopic (exact) mass is 270 g/mol. The molecule has 0 spiro atoms. The smallest absolute Gasteiger partial charge is 0.329 e. The number of phenolic OH excluding ortho intramolecular Hbond substituents is 1. The van der Waals surface area contributed by atoms with Crippen molar-refractivity contribution in [1.82, 2.24) is 5.32 Å². The summed E-state index contributed by atoms with van der Waals surface area (Å²) in [4.78, 5) is 23.5. The van der Waals surface area contributed by atoms with E-state index in [1.54, 1.807) is 12.1 Å². The minimum absolute atomic E-state index is 0.0388. The number of imide groups is 1. The summed E-state index contributed by atoms with van der Waals surface area (Å²) in [5.41, 5.74) is 0.313. The van der Waals surface area contributed by atoms with E-state index in [0.29, 0.717) is 5.69 Å². The Morgan fingerprint density at radius 3 is 2.73 bits per heavy atom. The molecular weight excluding hydrogens is 264 g/mol. The molecule has 0 aromatic heterocycles. The number of carbonyl (C=O) groups is 2. The minimum atomic E-state index is -0.520. The molecule has 1 aromatic rings. The van der Waals surface area contributed by atoms with Gasteiger partial charge in [0.05, 0.1) is 5.69 Å². The average molecular weight is 271 g/mol. The lowest BCUT2D eigenvalue weighted by atomic mass is 10.2. The molecule has 1 aliphatic rings. The maximum absolute atomic E-state index is 11.3. The van der Waals surface area contributed by atoms with E-state index in [2.05, 4.69) is 21.2 Å². The lowest BCUT2D eigenvalue weighted by Crippen LogP contribution is -2.27. The second-order valence-electron chi connectivity index (χ2n) is 3.07. The van der Waals surface area contributed by atoms with Crippen LogP contribution in [0.5, 0.6) is 5.75 Å². The zero-order chi connectivity index (χ0) is 11.0. The highest BCUT2D eigenvalue weighted by molar-refractivity contribution is 9.10. The maximum Gasteiger partial charge on any atom is 0.329 e. The van der Waals surface area contributed by atoms with Crippen molar-refractivity contribution in [3.8, 4) is 5.75 Å². The summed E-state index contributed by atoms with van der Waals surface area (Å²) in [6, 6.07) is 4.16. The van der Waals surface area contributed by atoms with Crippen LogP contribution >= 0.6 is 15.9 Å². The zero-order valence-electron chi connectivity index (χ0n) is 7.53. The van der Waals surface area contributed by atoms with E-state index in [0.717, 1.165) is 4.47 Å². The summed E-state index contributed by atoms with van der Waals surface area (Å²) in [6.45, 7) is -0.0666. The Hall–Kier alpha value is -1.56. The summed E-state index contributed by atoms with van der Waals surface area (Å²) in [5.74, 6) is -0.414. The van der Waals surface area contributed by atoms with Crippen molar-refractivity contribution < 1.29 is 14.7 Å². The molecule has 1 aliphatic heterocycles. The second kappa shape index (κ2) is 3.54. The fourth-order valence-electron chi connectivity index (χ4n) is 1.35. The van der Waals surface area contributed by atoms with Crippen LogP contribution in [0.1, 0.15) is 0 Å². The van der Waals surface area contributed by atoms with Gasteiger partial charge in [-0.1, -0.05) is 15.9 Å². The van der Waals surface area contributed by atoms with Gasteiger partial charge in [-0.3, -0.25) is 15.0 Å². The number of halogens is 1. The summed E-state index contributed by atoms with van der Waals surface area (Å²) < 4.78 is 0.724. The van der Waals surface area contributed by atoms with E-state index in [1.807, 2.05) is 0 Å². The summed E-state index contributed by atoms with van der Waals surface area (Å²) in [7, 11) is 0. The number of rotatable bonds is 1. The van der Waals surface area contributed by atoms with Crippen LogP contribution in [-0.4, -0.2) is 23.6 Å². The number of nitrogens with one attached hydrogen (secondary N) is 1. The third kappa shape index (κ3) is 1.80. The molecule has 0 aliphatic carbocycles. The van der Waals surface area contributed by atoms with Gasteiger partial charge >= 0.3 is 6.03 Å². The molecular formula is C9H7BrN2O3. The highest BCUT2D eigenvalue weighted by Gasteiger charge is 2.29. The topological polar surface area (TPSA) is 69.6 Å². The first-order valence-electron chi connectivity index (χ1n) is 4.18. The lowest BCUT2D eigenvalue weighted by molar-refractivity contribution is -0.117. The molecule has 1 heterocycles. The van der Waals surface area contributed by atoms with Gasteiger partial charge in [-0.2, -0.15) is 0 Å². The molecule has 1 fully saturated rings. The Morgan fingerprint density at radius 2 is 2.13 bits per heavy atom. The van der Waals surface area contributed by atoms with E-state index >= 15 is 0 Å². The van der Waals surface area contributed by atoms with Gasteiger partial charge < -0.3 is 5.11 Å². The number of hydrogen-bond acceptors (Lipinski definition) is 3. The Labute approximate surface area is 93.8 Å². The van der Waals surface area contributed by atoms with Crippen molar-refractivity contribution in [2.24, 2.45) is 0 Å². The van der Waals surface area contributed by atoms with Crippen LogP contribution in [0.4, 0.5) is 10.5 Å². The molecule has 0 atom stereocenters. The summed E-state index contributed by atoms with van der Waals surface area (Å²) >= 11 is 3.22. The number of anilines is 1. The van der Waals surface area contributed by atoms with Gasteiger partial charge in [0.1, 0.15) is 12.3 Å². The van der Waals surface area contributed by atoms with Gasteiger partial charge in [0.2, 0.25) is 5.91 Å². The van der Waals surface area contributed by atoms with Gasteiger partial charge in [-0.05, 0) is 18.2 Å². The molecule has 1 saturated heterocycles. The van der Waals surface area contributed by atoms with Gasteiger partial charge in [-0.25, -0.2) is 4.79 Å². The van der Waals surface area contributed by atoms with Crippen LogP contribution in [0.15, 0.2) is 22.7 Å². The summed E-state index contributed by atoms with van der Waals surface area (Å²) in [6.07, 6.45) is 0. The third-order valence-electron chi connectivity index (χ3n) is 2.02. The molecule has 0 unspecified atom stereocenters. The van der Waals surface area contributed by atoms with Gasteiger partial charge in [0.15, 0.2) is 0 Å². The van der Waals surface area contributed by atoms with Crippen LogP contribution < -0.4 is 10.2 Å². The van der Waals surface area contributed by atoms with Crippen LogP contribution in [0.25, 0.3) is 0 Å². The molecule has 15 heavy (non-hydrogen) atoms. The van der Waals surface area contributed by atoms with Crippen LogP contribution in [-0.2, 0) is 4.79 Å². The maximum atomic E-state index is 11.3. The molecule has 0 bridgehead atoms. The number of carbonyl (C=O) groups excluding carboxylic acids is 2. The highest BCUT2D eigenvalue weighted by Crippen LogP contribution is 2.31. The molecule has 0 radical (unpaired) electrons. The third-order valence-corrected chi connectivity index (χ3v) is 2.51. The number of amides is 3. The van der Waals surface area contributed by atoms with Crippen LogP contribution in [0.2, 0.25) is 0 Å². The lowest BCUT2D eigenvalue weighted by Gasteiger charge is -2.14. The van der Waals surface area contributed by atoms with Gasteiger partial charge in [0, 0.05) is 4.47 Å². The SMILES string of the molecule is O=C1CN(c2cc(Br)ccc2O)C(=O)N1. The number of hydrogen-bond donors (Lipinski definition) is 2. The molecule has 5 nitrogen and oxygen atoms in total. The Morgan fingerprint density at radius 1 is 1.40 bits per heavy atom. The van der Waals surface area contributed by atoms with Crippen molar-refractivity contribution in [1.29, 1.82) is 0 Å². The van der Waals surface area contributed by atoms with E-state index in [-0.39, 0.29) is 18.2 Å². The standard InChI is InChI=1S/C9H7BrN2O3/c10-5-1-2-7(13)6(3-5)12-4-8(14)11-9(12)15/h1-3,13H,4H2,(H,11,14,15). The van der Waals surface area contributed by atoms with Crippen molar-refractivity contribution >= 4 is 33.6 Å². The second-order valence-corrected chi connectivity index (χ2v) is 3.99. The number of benzene rings is 1. The first-order chi connectivity index (χ1) is 7.08. The number of urea groups is 1. The predicted molar refractivity (Wildman–Crippen MR) is 56.7 cm³/mol. The number of nitrogens with zero attached hydrogens (tertiary/aromatic N) is 1. The van der Waals surface area contributed by atoms with Crippen LogP contribution in [0, 0.1) is 0 Å². The zero-order valence-corrected chi connectivity index (χ0v) is 9.11. The first-order valence-corrected chi connectivity index (χ1v) is 4.97. The van der Waals surface area contributed by atoms with Gasteiger partial charge in [0.25, 0.3) is 0 Å². The minimum Gasteiger partial charge on any atom is -0.506 e. The normalized spacial score (nSPS) is 15.7. The van der Waals surface area contributed by atoms with Gasteiger partial charge in [-0.15, -0.1) is 0 Å². The van der Waals surface area contributed by atoms with Crippen molar-refractivity contribution in [2.75, 3.05) is 11.4 Å². The molecule has 78 valence electrons. The van der Waals surface area contributed by atoms with Crippen LogP contribution in [0.3, 0.4) is 0 Å². The Bertz CT molecular complexity index is 447. The van der Waals surface area contributed by atoms with E-state index in [9.17, 15) is 14.7 Å². The molecule has 3 amide bonds. The van der Waals surface area contributed by atoms with Crippen molar-refractivity contribution in [3.05, 3.63) is 22.7 Å². The van der Waals surface area contributed by atoms with E-state index < -0.39 is 6.03 Å². The number of aromatic hydroxyl groups is 1. The highest BCUT2D eigenvalue weighted by atomic mass is 79.9. The molecule has 6 heteroatoms. The largest absolute Gasteiger partial charge is 0.506 e. The van der Waals surface area contributed by atoms with E-state index in [4.69, 9.17) is 0 Å². The Kier molecular flexibility index (Phi) is 2.36. The summed E-state index contributed by atoms with van der Waals surface area (Å²) in [5, 5.41) is 11.7. The van der Waals surface area contributed by atoms with Crippen molar-refractivity contribution in [3.63, 3.8) is 0 Å². The predicted octanol–water partition coefficient (Wildman–Crippen LogP) is 1.21. The fourth-order valence-corrected chi connectivity index (χ4v) is 1.70. The quantitative estimate of drug-likeness (QED) is 0.754. The molecule has 0 saturated carbocycles. The molecule has 2 rings (SSSR count). The van der Waals surface area contributed by atoms with Crippen molar-refractivity contribution in [2.45, 2.75) is 0 Å². The molecule has 1 aromatic carbocycles. The average Bonchev–Trinajstić information content (AvgIpc) is 2.50. The molecule has 2 N–H and O–H groups in total. The first kappa shape index (κ1) is 9.97. The fraction of sp³-hybridized carbons (Fsp3) is 0.111. The number of phenols is 1.